The standard InChI is InChI=1S/C22H17F3N4O/c1-12(15-3-2-4-16(21(15)23)22(24)25)28-19-11-27-29-18-6-5-13(9-17(18)19)14-7-8-26-20(30)10-14/h2-12,22H,1H3,(H,26,30)(H,28,29)/t12-/m1/s1. The van der Waals surface area contributed by atoms with E-state index in [0.717, 1.165) is 17.2 Å². The van der Waals surface area contributed by atoms with Gasteiger partial charge in [0.25, 0.3) is 6.43 Å². The monoisotopic (exact) mass is 410 g/mol. The Morgan fingerprint density at radius 3 is 2.57 bits per heavy atom. The molecule has 0 saturated carbocycles. The normalized spacial score (nSPS) is 12.3. The number of halogens is 3. The Kier molecular flexibility index (Phi) is 5.22. The Morgan fingerprint density at radius 1 is 1.03 bits per heavy atom. The number of anilines is 1. The van der Waals surface area contributed by atoms with E-state index in [9.17, 15) is 18.0 Å². The average molecular weight is 410 g/mol. The summed E-state index contributed by atoms with van der Waals surface area (Å²) in [6, 6.07) is 12.1. The van der Waals surface area contributed by atoms with Crippen molar-refractivity contribution in [1.29, 1.82) is 0 Å². The lowest BCUT2D eigenvalue weighted by Crippen LogP contribution is -2.11. The summed E-state index contributed by atoms with van der Waals surface area (Å²) in [5, 5.41) is 11.9. The van der Waals surface area contributed by atoms with Crippen molar-refractivity contribution in [2.75, 3.05) is 5.32 Å². The van der Waals surface area contributed by atoms with Crippen LogP contribution in [0.2, 0.25) is 0 Å². The predicted octanol–water partition coefficient (Wildman–Crippen LogP) is 5.23. The third-order valence-electron chi connectivity index (χ3n) is 4.88. The van der Waals surface area contributed by atoms with Crippen LogP contribution in [0.5, 0.6) is 0 Å². The molecule has 2 N–H and O–H groups in total. The van der Waals surface area contributed by atoms with Gasteiger partial charge in [-0.25, -0.2) is 13.2 Å². The topological polar surface area (TPSA) is 70.7 Å². The number of alkyl halides is 2. The number of nitrogens with one attached hydrogen (secondary N) is 2. The van der Waals surface area contributed by atoms with Crippen molar-refractivity contribution in [3.05, 3.63) is 88.2 Å². The fourth-order valence-corrected chi connectivity index (χ4v) is 3.36. The SMILES string of the molecule is C[C@@H](Nc1cnnc2ccc(-c3cc[nH]c(=O)c3)cc12)c1cccc(C(F)F)c1F. The van der Waals surface area contributed by atoms with Gasteiger partial charge < -0.3 is 10.3 Å². The Bertz CT molecular complexity index is 1270. The summed E-state index contributed by atoms with van der Waals surface area (Å²) in [4.78, 5) is 14.2. The average Bonchev–Trinajstić information content (AvgIpc) is 2.73. The van der Waals surface area contributed by atoms with Crippen molar-refractivity contribution in [2.45, 2.75) is 19.4 Å². The molecule has 2 aromatic carbocycles. The van der Waals surface area contributed by atoms with Gasteiger partial charge in [-0.3, -0.25) is 4.79 Å². The van der Waals surface area contributed by atoms with E-state index in [4.69, 9.17) is 0 Å². The molecule has 0 aliphatic heterocycles. The highest BCUT2D eigenvalue weighted by Crippen LogP contribution is 2.32. The second kappa shape index (κ2) is 7.98. The summed E-state index contributed by atoms with van der Waals surface area (Å²) in [5.41, 5.74) is 1.97. The largest absolute Gasteiger partial charge is 0.377 e. The molecule has 2 aromatic heterocycles. The van der Waals surface area contributed by atoms with Crippen molar-refractivity contribution < 1.29 is 13.2 Å². The molecular weight excluding hydrogens is 393 g/mol. The Hall–Kier alpha value is -3.68. The van der Waals surface area contributed by atoms with E-state index in [2.05, 4.69) is 20.5 Å². The van der Waals surface area contributed by atoms with Crippen molar-refractivity contribution >= 4 is 16.6 Å². The fraction of sp³-hybridized carbons (Fsp3) is 0.136. The highest BCUT2D eigenvalue weighted by molar-refractivity contribution is 5.93. The molecule has 0 aliphatic rings. The van der Waals surface area contributed by atoms with Crippen LogP contribution in [0, 0.1) is 5.82 Å². The maximum Gasteiger partial charge on any atom is 0.266 e. The molecule has 152 valence electrons. The first-order valence-electron chi connectivity index (χ1n) is 9.21. The van der Waals surface area contributed by atoms with Crippen molar-refractivity contribution in [3.8, 4) is 11.1 Å². The van der Waals surface area contributed by atoms with Crippen LogP contribution in [0.3, 0.4) is 0 Å². The number of benzene rings is 2. The van der Waals surface area contributed by atoms with Gasteiger partial charge >= 0.3 is 0 Å². The summed E-state index contributed by atoms with van der Waals surface area (Å²) in [7, 11) is 0. The molecule has 8 heteroatoms. The number of aromatic amines is 1. The first kappa shape index (κ1) is 19.6. The zero-order chi connectivity index (χ0) is 21.3. The summed E-state index contributed by atoms with van der Waals surface area (Å²) in [5.74, 6) is -0.928. The molecule has 0 spiro atoms. The summed E-state index contributed by atoms with van der Waals surface area (Å²) >= 11 is 0. The smallest absolute Gasteiger partial charge is 0.266 e. The van der Waals surface area contributed by atoms with Gasteiger partial charge in [0.1, 0.15) is 5.82 Å². The molecule has 30 heavy (non-hydrogen) atoms. The minimum atomic E-state index is -2.89. The van der Waals surface area contributed by atoms with E-state index in [1.165, 1.54) is 24.4 Å². The van der Waals surface area contributed by atoms with Gasteiger partial charge in [0.15, 0.2) is 0 Å². The highest BCUT2D eigenvalue weighted by atomic mass is 19.3. The Morgan fingerprint density at radius 2 is 1.80 bits per heavy atom. The molecule has 0 saturated heterocycles. The minimum Gasteiger partial charge on any atom is -0.377 e. The third kappa shape index (κ3) is 3.76. The molecule has 4 aromatic rings. The van der Waals surface area contributed by atoms with Crippen LogP contribution < -0.4 is 10.9 Å². The fourth-order valence-electron chi connectivity index (χ4n) is 3.36. The molecule has 2 heterocycles. The van der Waals surface area contributed by atoms with Crippen LogP contribution in [-0.4, -0.2) is 15.2 Å². The number of hydrogen-bond donors (Lipinski definition) is 2. The molecular formula is C22H17F3N4O. The zero-order valence-electron chi connectivity index (χ0n) is 15.9. The van der Waals surface area contributed by atoms with Crippen LogP contribution in [0.25, 0.3) is 22.0 Å². The second-order valence-electron chi connectivity index (χ2n) is 6.85. The van der Waals surface area contributed by atoms with Crippen LogP contribution in [0.15, 0.2) is 65.7 Å². The van der Waals surface area contributed by atoms with E-state index >= 15 is 0 Å². The lowest BCUT2D eigenvalue weighted by Gasteiger charge is -2.19. The predicted molar refractivity (Wildman–Crippen MR) is 109 cm³/mol. The molecule has 4 rings (SSSR count). The lowest BCUT2D eigenvalue weighted by atomic mass is 10.0. The quantitative estimate of drug-likeness (QED) is 0.472. The van der Waals surface area contributed by atoms with Gasteiger partial charge in [0.2, 0.25) is 5.56 Å². The number of hydrogen-bond acceptors (Lipinski definition) is 4. The summed E-state index contributed by atoms with van der Waals surface area (Å²) in [6.45, 7) is 1.68. The molecule has 1 atom stereocenters. The van der Waals surface area contributed by atoms with Gasteiger partial charge in [-0.05, 0) is 36.2 Å². The lowest BCUT2D eigenvalue weighted by molar-refractivity contribution is 0.146. The molecule has 0 unspecified atom stereocenters. The van der Waals surface area contributed by atoms with Gasteiger partial charge in [-0.2, -0.15) is 10.2 Å². The molecule has 0 bridgehead atoms. The van der Waals surface area contributed by atoms with Crippen molar-refractivity contribution in [1.82, 2.24) is 15.2 Å². The van der Waals surface area contributed by atoms with E-state index in [1.54, 1.807) is 25.3 Å². The van der Waals surface area contributed by atoms with Gasteiger partial charge in [-0.1, -0.05) is 24.3 Å². The first-order valence-corrected chi connectivity index (χ1v) is 9.21. The Balaban J connectivity index is 1.73. The van der Waals surface area contributed by atoms with Crippen LogP contribution >= 0.6 is 0 Å². The number of rotatable bonds is 5. The van der Waals surface area contributed by atoms with Gasteiger partial charge in [0.05, 0.1) is 29.0 Å². The first-order chi connectivity index (χ1) is 14.4. The number of aromatic nitrogens is 3. The van der Waals surface area contributed by atoms with E-state index < -0.39 is 23.8 Å². The maximum atomic E-state index is 14.5. The molecule has 5 nitrogen and oxygen atoms in total. The van der Waals surface area contributed by atoms with Gasteiger partial charge in [0, 0.05) is 23.2 Å². The molecule has 0 radical (unpaired) electrons. The van der Waals surface area contributed by atoms with E-state index in [1.807, 2.05) is 12.1 Å². The minimum absolute atomic E-state index is 0.128. The molecule has 0 fully saturated rings. The summed E-state index contributed by atoms with van der Waals surface area (Å²) in [6.07, 6.45) is 0.166. The van der Waals surface area contributed by atoms with Crippen molar-refractivity contribution in [3.63, 3.8) is 0 Å². The van der Waals surface area contributed by atoms with Crippen LogP contribution in [-0.2, 0) is 0 Å². The van der Waals surface area contributed by atoms with E-state index in [-0.39, 0.29) is 11.1 Å². The van der Waals surface area contributed by atoms with Crippen LogP contribution in [0.1, 0.15) is 30.5 Å². The third-order valence-corrected chi connectivity index (χ3v) is 4.88. The number of nitrogens with zero attached hydrogens (tertiary/aromatic N) is 2. The molecule has 0 aliphatic carbocycles. The Labute approximate surface area is 169 Å². The molecule has 0 amide bonds. The summed E-state index contributed by atoms with van der Waals surface area (Å²) < 4.78 is 40.6. The second-order valence-corrected chi connectivity index (χ2v) is 6.85. The number of pyridine rings is 1. The maximum absolute atomic E-state index is 14.5. The zero-order valence-corrected chi connectivity index (χ0v) is 15.9. The van der Waals surface area contributed by atoms with Gasteiger partial charge in [-0.15, -0.1) is 0 Å². The number of H-pyrrole nitrogens is 1. The highest BCUT2D eigenvalue weighted by Gasteiger charge is 2.20. The number of fused-ring (bicyclic) bond motifs is 1. The van der Waals surface area contributed by atoms with E-state index in [0.29, 0.717) is 16.6 Å². The van der Waals surface area contributed by atoms with Crippen molar-refractivity contribution in [2.24, 2.45) is 0 Å². The van der Waals surface area contributed by atoms with Crippen LogP contribution in [0.4, 0.5) is 18.9 Å².